The van der Waals surface area contributed by atoms with Crippen LogP contribution in [-0.2, 0) is 6.42 Å². The first kappa shape index (κ1) is 21.0. The monoisotopic (exact) mass is 398 g/mol. The largest absolute Gasteiger partial charge is 0.364 e. The standard InChI is InChI=1S/C21H30N6O2/c1-15-2-4-16(5-3-15)10-11-23-21-25-14-19(27(28)29)20(26-21)24-13-18-8-6-17(12-22)7-9-18/h2-5,14,17-18H,6-13,22H2,1H3,(H2,23,24,25,26). The summed E-state index contributed by atoms with van der Waals surface area (Å²) < 4.78 is 0. The fourth-order valence-corrected chi connectivity index (χ4v) is 3.71. The number of nitrogens with two attached hydrogens (primary N) is 1. The van der Waals surface area contributed by atoms with Gasteiger partial charge in [0.2, 0.25) is 11.8 Å². The highest BCUT2D eigenvalue weighted by atomic mass is 16.6. The van der Waals surface area contributed by atoms with Gasteiger partial charge in [0.1, 0.15) is 6.20 Å². The molecule has 1 aromatic carbocycles. The van der Waals surface area contributed by atoms with Crippen LogP contribution >= 0.6 is 0 Å². The molecule has 1 saturated carbocycles. The molecule has 1 fully saturated rings. The van der Waals surface area contributed by atoms with Crippen LogP contribution in [0.25, 0.3) is 0 Å². The van der Waals surface area contributed by atoms with Crippen LogP contribution in [0, 0.1) is 28.9 Å². The summed E-state index contributed by atoms with van der Waals surface area (Å²) in [5, 5.41) is 17.7. The number of rotatable bonds is 9. The minimum atomic E-state index is -0.441. The van der Waals surface area contributed by atoms with Gasteiger partial charge in [0.05, 0.1) is 4.92 Å². The number of nitrogens with zero attached hydrogens (tertiary/aromatic N) is 3. The van der Waals surface area contributed by atoms with Crippen molar-refractivity contribution in [1.29, 1.82) is 0 Å². The molecule has 0 radical (unpaired) electrons. The summed E-state index contributed by atoms with van der Waals surface area (Å²) in [5.74, 6) is 1.79. The Hall–Kier alpha value is -2.74. The van der Waals surface area contributed by atoms with Crippen molar-refractivity contribution in [1.82, 2.24) is 9.97 Å². The molecule has 156 valence electrons. The van der Waals surface area contributed by atoms with Gasteiger partial charge >= 0.3 is 5.69 Å². The summed E-state index contributed by atoms with van der Waals surface area (Å²) in [7, 11) is 0. The molecule has 0 amide bonds. The van der Waals surface area contributed by atoms with Gasteiger partial charge in [-0.3, -0.25) is 10.1 Å². The Morgan fingerprint density at radius 3 is 2.48 bits per heavy atom. The molecule has 1 heterocycles. The Labute approximate surface area is 171 Å². The average molecular weight is 399 g/mol. The van der Waals surface area contributed by atoms with Crippen LogP contribution in [0.5, 0.6) is 0 Å². The van der Waals surface area contributed by atoms with Crippen LogP contribution in [0.3, 0.4) is 0 Å². The number of aromatic nitrogens is 2. The topological polar surface area (TPSA) is 119 Å². The van der Waals surface area contributed by atoms with E-state index in [2.05, 4.69) is 51.8 Å². The Bertz CT molecular complexity index is 803. The molecule has 4 N–H and O–H groups in total. The van der Waals surface area contributed by atoms with Crippen LogP contribution in [0.4, 0.5) is 17.5 Å². The molecule has 0 bridgehead atoms. The average Bonchev–Trinajstić information content (AvgIpc) is 2.74. The zero-order chi connectivity index (χ0) is 20.6. The molecule has 0 atom stereocenters. The van der Waals surface area contributed by atoms with Crippen molar-refractivity contribution < 1.29 is 4.92 Å². The lowest BCUT2D eigenvalue weighted by molar-refractivity contribution is -0.384. The van der Waals surface area contributed by atoms with E-state index in [9.17, 15) is 10.1 Å². The van der Waals surface area contributed by atoms with Gasteiger partial charge in [-0.25, -0.2) is 4.98 Å². The maximum Gasteiger partial charge on any atom is 0.329 e. The van der Waals surface area contributed by atoms with Crippen LogP contribution in [0.15, 0.2) is 30.5 Å². The predicted octanol–water partition coefficient (Wildman–Crippen LogP) is 3.52. The van der Waals surface area contributed by atoms with Crippen LogP contribution in [0.1, 0.15) is 36.8 Å². The third-order valence-corrected chi connectivity index (χ3v) is 5.64. The molecule has 3 rings (SSSR count). The van der Waals surface area contributed by atoms with Gasteiger partial charge in [-0.15, -0.1) is 0 Å². The molecule has 2 aromatic rings. The van der Waals surface area contributed by atoms with Gasteiger partial charge in [0.15, 0.2) is 0 Å². The highest BCUT2D eigenvalue weighted by Crippen LogP contribution is 2.29. The lowest BCUT2D eigenvalue weighted by Crippen LogP contribution is -2.25. The van der Waals surface area contributed by atoms with Crippen molar-refractivity contribution in [3.8, 4) is 0 Å². The van der Waals surface area contributed by atoms with Gasteiger partial charge in [0, 0.05) is 13.1 Å². The van der Waals surface area contributed by atoms with E-state index in [1.807, 2.05) is 0 Å². The first-order chi connectivity index (χ1) is 14.0. The third-order valence-electron chi connectivity index (χ3n) is 5.64. The number of nitro groups is 1. The van der Waals surface area contributed by atoms with Crippen molar-refractivity contribution >= 4 is 17.5 Å². The predicted molar refractivity (Wildman–Crippen MR) is 115 cm³/mol. The maximum absolute atomic E-state index is 11.3. The quantitative estimate of drug-likeness (QED) is 0.437. The summed E-state index contributed by atoms with van der Waals surface area (Å²) in [5.41, 5.74) is 8.11. The van der Waals surface area contributed by atoms with Gasteiger partial charge in [-0.1, -0.05) is 29.8 Å². The Morgan fingerprint density at radius 1 is 1.14 bits per heavy atom. The molecular weight excluding hydrogens is 368 g/mol. The molecule has 0 unspecified atom stereocenters. The molecule has 1 aliphatic rings. The number of hydrogen-bond donors (Lipinski definition) is 3. The minimum Gasteiger partial charge on any atom is -0.364 e. The fourth-order valence-electron chi connectivity index (χ4n) is 3.71. The lowest BCUT2D eigenvalue weighted by atomic mass is 9.82. The third kappa shape index (κ3) is 6.12. The summed E-state index contributed by atoms with van der Waals surface area (Å²) >= 11 is 0. The van der Waals surface area contributed by atoms with Gasteiger partial charge in [-0.05, 0) is 63.0 Å². The summed E-state index contributed by atoms with van der Waals surface area (Å²) in [4.78, 5) is 19.4. The van der Waals surface area contributed by atoms with Crippen molar-refractivity contribution in [3.63, 3.8) is 0 Å². The molecule has 8 nitrogen and oxygen atoms in total. The van der Waals surface area contributed by atoms with E-state index in [0.717, 1.165) is 38.6 Å². The molecule has 1 aromatic heterocycles. The van der Waals surface area contributed by atoms with E-state index >= 15 is 0 Å². The van der Waals surface area contributed by atoms with Gasteiger partial charge in [0.25, 0.3) is 0 Å². The number of anilines is 2. The molecular formula is C21H30N6O2. The zero-order valence-electron chi connectivity index (χ0n) is 16.9. The molecule has 0 spiro atoms. The smallest absolute Gasteiger partial charge is 0.329 e. The normalized spacial score (nSPS) is 19.0. The molecule has 0 saturated heterocycles. The second-order valence-electron chi connectivity index (χ2n) is 7.85. The molecule has 29 heavy (non-hydrogen) atoms. The summed E-state index contributed by atoms with van der Waals surface area (Å²) in [6.07, 6.45) is 6.54. The van der Waals surface area contributed by atoms with E-state index in [4.69, 9.17) is 5.73 Å². The van der Waals surface area contributed by atoms with E-state index in [1.165, 1.54) is 17.3 Å². The Balaban J connectivity index is 1.57. The summed E-state index contributed by atoms with van der Waals surface area (Å²) in [6, 6.07) is 8.36. The Morgan fingerprint density at radius 2 is 1.83 bits per heavy atom. The fraction of sp³-hybridized carbons (Fsp3) is 0.524. The maximum atomic E-state index is 11.3. The van der Waals surface area contributed by atoms with Gasteiger partial charge in [-0.2, -0.15) is 4.98 Å². The highest BCUT2D eigenvalue weighted by molar-refractivity contribution is 5.57. The van der Waals surface area contributed by atoms with E-state index in [-0.39, 0.29) is 11.5 Å². The van der Waals surface area contributed by atoms with Crippen molar-refractivity contribution in [2.75, 3.05) is 30.3 Å². The van der Waals surface area contributed by atoms with Crippen LogP contribution < -0.4 is 16.4 Å². The second-order valence-corrected chi connectivity index (χ2v) is 7.85. The van der Waals surface area contributed by atoms with Crippen LogP contribution in [0.2, 0.25) is 0 Å². The molecule has 1 aliphatic carbocycles. The lowest BCUT2D eigenvalue weighted by Gasteiger charge is -2.27. The van der Waals surface area contributed by atoms with Crippen molar-refractivity contribution in [2.24, 2.45) is 17.6 Å². The first-order valence-corrected chi connectivity index (χ1v) is 10.3. The molecule has 0 aliphatic heterocycles. The van der Waals surface area contributed by atoms with Gasteiger partial charge < -0.3 is 16.4 Å². The highest BCUT2D eigenvalue weighted by Gasteiger charge is 2.22. The minimum absolute atomic E-state index is 0.0928. The Kier molecular flexibility index (Phi) is 7.35. The molecule has 8 heteroatoms. The second kappa shape index (κ2) is 10.2. The number of nitrogens with one attached hydrogen (secondary N) is 2. The number of benzene rings is 1. The number of hydrogen-bond acceptors (Lipinski definition) is 7. The van der Waals surface area contributed by atoms with E-state index < -0.39 is 4.92 Å². The zero-order valence-corrected chi connectivity index (χ0v) is 16.9. The SMILES string of the molecule is Cc1ccc(CCNc2ncc([N+](=O)[O-])c(NCC3CCC(CN)CC3)n2)cc1. The van der Waals surface area contributed by atoms with Crippen molar-refractivity contribution in [2.45, 2.75) is 39.0 Å². The number of aryl methyl sites for hydroxylation is 1. The van der Waals surface area contributed by atoms with E-state index in [0.29, 0.717) is 30.9 Å². The summed E-state index contributed by atoms with van der Waals surface area (Å²) in [6.45, 7) is 4.14. The van der Waals surface area contributed by atoms with E-state index in [1.54, 1.807) is 0 Å². The van der Waals surface area contributed by atoms with Crippen LogP contribution in [-0.4, -0.2) is 34.5 Å². The van der Waals surface area contributed by atoms with Crippen molar-refractivity contribution in [3.05, 3.63) is 51.7 Å². The first-order valence-electron chi connectivity index (χ1n) is 10.3.